The Kier molecular flexibility index (Phi) is 4.89. The van der Waals surface area contributed by atoms with E-state index < -0.39 is 0 Å². The van der Waals surface area contributed by atoms with Crippen LogP contribution in [-0.2, 0) is 0 Å². The van der Waals surface area contributed by atoms with Gasteiger partial charge in [0.2, 0.25) is 5.84 Å². The summed E-state index contributed by atoms with van der Waals surface area (Å²) in [6.45, 7) is 4.10. The highest BCUT2D eigenvalue weighted by Gasteiger charge is 2.39. The lowest BCUT2D eigenvalue weighted by Gasteiger charge is -2.27. The van der Waals surface area contributed by atoms with Crippen LogP contribution >= 0.6 is 0 Å². The lowest BCUT2D eigenvalue weighted by molar-refractivity contribution is -0.689. The van der Waals surface area contributed by atoms with E-state index in [-0.39, 0.29) is 12.4 Å². The maximum Gasteiger partial charge on any atom is 0.243 e. The van der Waals surface area contributed by atoms with E-state index in [1.807, 2.05) is 30.6 Å². The number of halogens is 1. The van der Waals surface area contributed by atoms with Gasteiger partial charge >= 0.3 is 0 Å². The number of nitrogens with zero attached hydrogens (tertiary/aromatic N) is 3. The Hall–Kier alpha value is -3.34. The van der Waals surface area contributed by atoms with Gasteiger partial charge in [-0.15, -0.1) is 0 Å². The molecule has 0 saturated heterocycles. The number of rotatable bonds is 3. The fourth-order valence-corrected chi connectivity index (χ4v) is 4.44. The molecule has 3 aromatic rings. The van der Waals surface area contributed by atoms with E-state index in [0.717, 1.165) is 62.7 Å². The first-order valence-electron chi connectivity index (χ1n) is 10.3. The largest absolute Gasteiger partial charge is 1.00 e. The SMILES string of the molecule is C=C1CC(C2=C3C=NC=C[NH+]3C(c3ccc4ccc(-c5ccccc5)nc4c3)=N2)C1.[Cl-]. The first-order valence-corrected chi connectivity index (χ1v) is 10.3. The van der Waals surface area contributed by atoms with Crippen molar-refractivity contribution < 1.29 is 17.3 Å². The number of amidine groups is 1. The number of quaternary nitrogens is 1. The third-order valence-corrected chi connectivity index (χ3v) is 6.08. The van der Waals surface area contributed by atoms with Crippen LogP contribution in [0, 0.1) is 5.92 Å². The molecule has 5 heteroatoms. The summed E-state index contributed by atoms with van der Waals surface area (Å²) in [6.07, 6.45) is 7.94. The van der Waals surface area contributed by atoms with Gasteiger partial charge in [0, 0.05) is 16.9 Å². The van der Waals surface area contributed by atoms with Crippen molar-refractivity contribution in [3.8, 4) is 11.3 Å². The van der Waals surface area contributed by atoms with Crippen molar-refractivity contribution in [2.45, 2.75) is 12.8 Å². The predicted molar refractivity (Wildman–Crippen MR) is 121 cm³/mol. The summed E-state index contributed by atoms with van der Waals surface area (Å²) in [6, 6.07) is 21.0. The van der Waals surface area contributed by atoms with Crippen LogP contribution in [0.4, 0.5) is 0 Å². The average Bonchev–Trinajstić information content (AvgIpc) is 3.16. The van der Waals surface area contributed by atoms with Gasteiger partial charge in [-0.05, 0) is 31.0 Å². The maximum atomic E-state index is 5.09. The number of allylic oxidation sites excluding steroid dienone is 3. The van der Waals surface area contributed by atoms with E-state index in [1.54, 1.807) is 0 Å². The van der Waals surface area contributed by atoms with Crippen molar-refractivity contribution in [1.29, 1.82) is 0 Å². The molecule has 4 nitrogen and oxygen atoms in total. The second kappa shape index (κ2) is 7.73. The topological polar surface area (TPSA) is 42.0 Å². The van der Waals surface area contributed by atoms with Gasteiger partial charge < -0.3 is 12.4 Å². The minimum absolute atomic E-state index is 0. The van der Waals surface area contributed by atoms with Gasteiger partial charge in [0.15, 0.2) is 5.70 Å². The zero-order valence-corrected chi connectivity index (χ0v) is 17.7. The first kappa shape index (κ1) is 19.6. The number of hydrogen-bond donors (Lipinski definition) is 1. The summed E-state index contributed by atoms with van der Waals surface area (Å²) >= 11 is 0. The molecule has 0 bridgehead atoms. The van der Waals surface area contributed by atoms with Gasteiger partial charge in [0.05, 0.1) is 29.2 Å². The van der Waals surface area contributed by atoms with E-state index in [4.69, 9.17) is 9.98 Å². The number of fused-ring (bicyclic) bond motifs is 2. The molecular formula is C26H21ClN4. The summed E-state index contributed by atoms with van der Waals surface area (Å²) in [5.41, 5.74) is 7.82. The van der Waals surface area contributed by atoms with Crippen LogP contribution in [0.5, 0.6) is 0 Å². The normalized spacial score (nSPS) is 19.8. The summed E-state index contributed by atoms with van der Waals surface area (Å²) in [5, 5.41) is 1.13. The van der Waals surface area contributed by atoms with E-state index in [1.165, 1.54) is 5.57 Å². The first-order chi connectivity index (χ1) is 14.8. The molecule has 6 rings (SSSR count). The Labute approximate surface area is 187 Å². The Morgan fingerprint density at radius 2 is 1.74 bits per heavy atom. The van der Waals surface area contributed by atoms with Gasteiger partial charge in [-0.3, -0.25) is 4.99 Å². The van der Waals surface area contributed by atoms with E-state index in [9.17, 15) is 0 Å². The number of pyridine rings is 1. The van der Waals surface area contributed by atoms with E-state index in [2.05, 4.69) is 60.2 Å². The molecule has 2 aliphatic heterocycles. The van der Waals surface area contributed by atoms with Gasteiger partial charge in [0.1, 0.15) is 11.9 Å². The fourth-order valence-electron chi connectivity index (χ4n) is 4.44. The second-order valence-electron chi connectivity index (χ2n) is 8.09. The fraction of sp³-hybridized carbons (Fsp3) is 0.115. The quantitative estimate of drug-likeness (QED) is 0.632. The molecule has 3 heterocycles. The van der Waals surface area contributed by atoms with Crippen molar-refractivity contribution in [2.75, 3.05) is 0 Å². The summed E-state index contributed by atoms with van der Waals surface area (Å²) in [7, 11) is 0. The zero-order valence-electron chi connectivity index (χ0n) is 16.9. The molecule has 1 saturated carbocycles. The van der Waals surface area contributed by atoms with Gasteiger partial charge in [-0.1, -0.05) is 54.6 Å². The Morgan fingerprint density at radius 1 is 0.935 bits per heavy atom. The van der Waals surface area contributed by atoms with E-state index in [0.29, 0.717) is 5.92 Å². The monoisotopic (exact) mass is 424 g/mol. The standard InChI is InChI=1S/C26H20N4.ClH/c1-17-13-21(14-17)25-24-16-27-11-12-30(24)26(29-25)20-8-7-19-9-10-22(28-23(19)15-20)18-5-3-2-4-6-18;/h2-12,15-16,21H,1,13-14H2;1H. The molecule has 0 amide bonds. The van der Waals surface area contributed by atoms with Gasteiger partial charge in [-0.2, -0.15) is 4.99 Å². The highest BCUT2D eigenvalue weighted by atomic mass is 35.5. The Morgan fingerprint density at radius 3 is 2.55 bits per heavy atom. The molecule has 1 aliphatic carbocycles. The highest BCUT2D eigenvalue weighted by molar-refractivity contribution is 6.01. The van der Waals surface area contributed by atoms with Crippen LogP contribution in [0.1, 0.15) is 18.4 Å². The van der Waals surface area contributed by atoms with Crippen molar-refractivity contribution in [3.05, 3.63) is 102 Å². The number of aliphatic imine (C=N–C) groups is 2. The maximum absolute atomic E-state index is 5.09. The predicted octanol–water partition coefficient (Wildman–Crippen LogP) is 1.28. The van der Waals surface area contributed by atoms with Crippen molar-refractivity contribution in [2.24, 2.45) is 15.9 Å². The van der Waals surface area contributed by atoms with Crippen LogP contribution in [0.25, 0.3) is 22.2 Å². The molecule has 0 radical (unpaired) electrons. The molecule has 2 aromatic carbocycles. The molecule has 1 unspecified atom stereocenters. The molecule has 0 spiro atoms. The molecule has 1 fully saturated rings. The molecule has 1 N–H and O–H groups in total. The van der Waals surface area contributed by atoms with Gasteiger partial charge in [-0.25, -0.2) is 9.88 Å². The minimum Gasteiger partial charge on any atom is -1.00 e. The summed E-state index contributed by atoms with van der Waals surface area (Å²) < 4.78 is 0. The third kappa shape index (κ3) is 3.34. The molecule has 152 valence electrons. The third-order valence-electron chi connectivity index (χ3n) is 6.08. The van der Waals surface area contributed by atoms with Gasteiger partial charge in [0.25, 0.3) is 0 Å². The number of aromatic nitrogens is 1. The van der Waals surface area contributed by atoms with Crippen LogP contribution in [0.2, 0.25) is 0 Å². The van der Waals surface area contributed by atoms with E-state index >= 15 is 0 Å². The zero-order chi connectivity index (χ0) is 20.1. The lowest BCUT2D eigenvalue weighted by Crippen LogP contribution is -3.08. The second-order valence-corrected chi connectivity index (χ2v) is 8.09. The number of hydrogen-bond acceptors (Lipinski definition) is 3. The average molecular weight is 425 g/mol. The molecule has 3 aliphatic rings. The summed E-state index contributed by atoms with van der Waals surface area (Å²) in [5.74, 6) is 1.48. The van der Waals surface area contributed by atoms with Crippen LogP contribution < -0.4 is 17.3 Å². The molecule has 1 aromatic heterocycles. The molecule has 31 heavy (non-hydrogen) atoms. The Balaban J connectivity index is 0.00000204. The van der Waals surface area contributed by atoms with Crippen LogP contribution in [-0.4, -0.2) is 17.0 Å². The highest BCUT2D eigenvalue weighted by Crippen LogP contribution is 2.39. The summed E-state index contributed by atoms with van der Waals surface area (Å²) in [4.78, 5) is 15.6. The number of benzene rings is 2. The molecular weight excluding hydrogens is 404 g/mol. The minimum atomic E-state index is 0. The Bertz CT molecular complexity index is 1310. The van der Waals surface area contributed by atoms with Crippen LogP contribution in [0.15, 0.2) is 107 Å². The van der Waals surface area contributed by atoms with Crippen LogP contribution in [0.3, 0.4) is 0 Å². The lowest BCUT2D eigenvalue weighted by atomic mass is 9.78. The smallest absolute Gasteiger partial charge is 0.243 e. The number of nitrogens with one attached hydrogen (secondary N) is 1. The van der Waals surface area contributed by atoms with Crippen molar-refractivity contribution in [3.63, 3.8) is 0 Å². The van der Waals surface area contributed by atoms with Crippen molar-refractivity contribution in [1.82, 2.24) is 4.98 Å². The van der Waals surface area contributed by atoms with Crippen molar-refractivity contribution >= 4 is 23.0 Å². The molecule has 1 atom stereocenters.